The van der Waals surface area contributed by atoms with Gasteiger partial charge in [0.25, 0.3) is 11.6 Å². The van der Waals surface area contributed by atoms with E-state index in [4.69, 9.17) is 4.74 Å². The molecule has 2 rings (SSSR count). The molecule has 130 valence electrons. The second-order valence-electron chi connectivity index (χ2n) is 5.53. The van der Waals surface area contributed by atoms with Gasteiger partial charge in [0.1, 0.15) is 11.3 Å². The van der Waals surface area contributed by atoms with Gasteiger partial charge in [-0.3, -0.25) is 14.9 Å². The summed E-state index contributed by atoms with van der Waals surface area (Å²) in [6.07, 6.45) is 0.619. The predicted molar refractivity (Wildman–Crippen MR) is 88.8 cm³/mol. The number of hydrogen-bond donors (Lipinski definition) is 2. The molecule has 24 heavy (non-hydrogen) atoms. The normalized spacial score (nSPS) is 16.2. The number of rotatable bonds is 5. The molecule has 0 bridgehead atoms. The van der Waals surface area contributed by atoms with Crippen LogP contribution in [0, 0.1) is 17.0 Å². The van der Waals surface area contributed by atoms with Gasteiger partial charge in [-0.15, -0.1) is 0 Å². The Morgan fingerprint density at radius 2 is 2.00 bits per heavy atom. The number of carbonyl (C=O) groups is 2. The number of carboxylic acid groups (broad SMARTS) is 1. The fourth-order valence-electron chi connectivity index (χ4n) is 2.61. The number of nitro benzene ring substituents is 1. The molecule has 0 atom stereocenters. The molecule has 0 spiro atoms. The molecular weight excluding hydrogens is 336 g/mol. The third kappa shape index (κ3) is 3.45. The largest absolute Gasteiger partial charge is 0.496 e. The molecule has 0 unspecified atom stereocenters. The molecule has 8 nitrogen and oxygen atoms in total. The van der Waals surface area contributed by atoms with Crippen molar-refractivity contribution in [2.24, 2.45) is 0 Å². The minimum Gasteiger partial charge on any atom is -0.496 e. The zero-order chi connectivity index (χ0) is 17.9. The number of nitrogens with zero attached hydrogens (tertiary/aromatic N) is 1. The number of nitro groups is 1. The number of ether oxygens (including phenoxy) is 1. The van der Waals surface area contributed by atoms with E-state index in [1.807, 2.05) is 0 Å². The van der Waals surface area contributed by atoms with Crippen molar-refractivity contribution >= 4 is 29.3 Å². The van der Waals surface area contributed by atoms with Gasteiger partial charge < -0.3 is 15.2 Å². The van der Waals surface area contributed by atoms with Crippen LogP contribution in [0.25, 0.3) is 0 Å². The van der Waals surface area contributed by atoms with E-state index in [0.29, 0.717) is 29.9 Å². The average Bonchev–Trinajstić information content (AvgIpc) is 2.55. The molecule has 0 radical (unpaired) electrons. The number of benzene rings is 1. The number of methoxy groups -OCH3 is 1. The Hall–Kier alpha value is -2.29. The summed E-state index contributed by atoms with van der Waals surface area (Å²) < 4.78 is 5.09. The fraction of sp³-hybridized carbons (Fsp3) is 0.467. The Labute approximate surface area is 142 Å². The monoisotopic (exact) mass is 354 g/mol. The van der Waals surface area contributed by atoms with Gasteiger partial charge >= 0.3 is 5.97 Å². The third-order valence-corrected chi connectivity index (χ3v) is 5.11. The number of amides is 1. The van der Waals surface area contributed by atoms with Gasteiger partial charge in [0.05, 0.1) is 17.6 Å². The van der Waals surface area contributed by atoms with E-state index in [9.17, 15) is 24.8 Å². The number of aliphatic carboxylic acids is 1. The Bertz CT molecular complexity index is 685. The van der Waals surface area contributed by atoms with Crippen molar-refractivity contribution < 1.29 is 24.4 Å². The van der Waals surface area contributed by atoms with Crippen LogP contribution in [-0.4, -0.2) is 46.1 Å². The summed E-state index contributed by atoms with van der Waals surface area (Å²) in [5.74, 6) is -0.290. The summed E-state index contributed by atoms with van der Waals surface area (Å²) in [4.78, 5) is 34.7. The third-order valence-electron chi connectivity index (χ3n) is 4.12. The highest BCUT2D eigenvalue weighted by molar-refractivity contribution is 7.99. The quantitative estimate of drug-likeness (QED) is 0.613. The molecule has 1 aromatic rings. The first-order valence-corrected chi connectivity index (χ1v) is 8.43. The molecule has 1 saturated heterocycles. The molecule has 1 aliphatic heterocycles. The topological polar surface area (TPSA) is 119 Å². The summed E-state index contributed by atoms with van der Waals surface area (Å²) in [7, 11) is 1.35. The Morgan fingerprint density at radius 3 is 2.50 bits per heavy atom. The highest BCUT2D eigenvalue weighted by atomic mass is 32.2. The zero-order valence-corrected chi connectivity index (χ0v) is 14.1. The van der Waals surface area contributed by atoms with Crippen LogP contribution in [-0.2, 0) is 4.79 Å². The summed E-state index contributed by atoms with van der Waals surface area (Å²) in [5.41, 5.74) is -1.28. The number of thioether (sulfide) groups is 1. The molecule has 1 aliphatic rings. The fourth-order valence-corrected chi connectivity index (χ4v) is 3.80. The average molecular weight is 354 g/mol. The zero-order valence-electron chi connectivity index (χ0n) is 13.3. The first-order chi connectivity index (χ1) is 11.3. The maximum Gasteiger partial charge on any atom is 0.329 e. The van der Waals surface area contributed by atoms with Crippen molar-refractivity contribution in [2.45, 2.75) is 25.3 Å². The first-order valence-electron chi connectivity index (χ1n) is 7.27. The molecule has 1 amide bonds. The van der Waals surface area contributed by atoms with Gasteiger partial charge in [-0.25, -0.2) is 4.79 Å². The van der Waals surface area contributed by atoms with E-state index >= 15 is 0 Å². The van der Waals surface area contributed by atoms with Crippen molar-refractivity contribution in [2.75, 3.05) is 18.6 Å². The first kappa shape index (κ1) is 18.1. The molecule has 0 aromatic heterocycles. The lowest BCUT2D eigenvalue weighted by molar-refractivity contribution is -0.385. The Kier molecular flexibility index (Phi) is 5.33. The Morgan fingerprint density at radius 1 is 1.38 bits per heavy atom. The second-order valence-corrected chi connectivity index (χ2v) is 6.76. The highest BCUT2D eigenvalue weighted by Crippen LogP contribution is 2.31. The van der Waals surface area contributed by atoms with Crippen LogP contribution in [0.4, 0.5) is 5.69 Å². The van der Waals surface area contributed by atoms with Crippen molar-refractivity contribution in [1.82, 2.24) is 5.32 Å². The van der Waals surface area contributed by atoms with Gasteiger partial charge in [-0.1, -0.05) is 0 Å². The van der Waals surface area contributed by atoms with E-state index in [0.717, 1.165) is 6.07 Å². The van der Waals surface area contributed by atoms with Crippen LogP contribution in [0.5, 0.6) is 5.75 Å². The van der Waals surface area contributed by atoms with E-state index < -0.39 is 22.3 Å². The molecular formula is C15H18N2O6S. The highest BCUT2D eigenvalue weighted by Gasteiger charge is 2.41. The minimum absolute atomic E-state index is 0.00278. The van der Waals surface area contributed by atoms with Crippen molar-refractivity contribution in [3.8, 4) is 5.75 Å². The number of carboxylic acids is 1. The van der Waals surface area contributed by atoms with Crippen LogP contribution < -0.4 is 10.1 Å². The van der Waals surface area contributed by atoms with Crippen LogP contribution in [0.15, 0.2) is 12.1 Å². The van der Waals surface area contributed by atoms with Crippen molar-refractivity contribution in [3.05, 3.63) is 33.4 Å². The molecule has 2 N–H and O–H groups in total. The Balaban J connectivity index is 2.37. The maximum absolute atomic E-state index is 12.5. The van der Waals surface area contributed by atoms with Crippen LogP contribution in [0.1, 0.15) is 28.8 Å². The van der Waals surface area contributed by atoms with Gasteiger partial charge in [-0.2, -0.15) is 11.8 Å². The molecule has 1 aromatic carbocycles. The minimum atomic E-state index is -1.34. The molecule has 9 heteroatoms. The lowest BCUT2D eigenvalue weighted by Gasteiger charge is -2.33. The number of nitrogens with one attached hydrogen (secondary N) is 1. The van der Waals surface area contributed by atoms with Crippen LogP contribution >= 0.6 is 11.8 Å². The smallest absolute Gasteiger partial charge is 0.329 e. The van der Waals surface area contributed by atoms with Gasteiger partial charge in [0.2, 0.25) is 0 Å². The number of carbonyl (C=O) groups excluding carboxylic acids is 1. The summed E-state index contributed by atoms with van der Waals surface area (Å²) in [6.45, 7) is 1.52. The summed E-state index contributed by atoms with van der Waals surface area (Å²) in [6, 6.07) is 2.52. The van der Waals surface area contributed by atoms with E-state index in [1.165, 1.54) is 20.1 Å². The molecule has 0 saturated carbocycles. The molecule has 0 aliphatic carbocycles. The standard InChI is InChI=1S/C15H18N2O6S/c1-9-11(17(21)22)7-10(8-12(9)23-2)13(18)16-15(14(19)20)3-5-24-6-4-15/h7-8H,3-6H2,1-2H3,(H,16,18)(H,19,20). The van der Waals surface area contributed by atoms with Crippen LogP contribution in [0.2, 0.25) is 0 Å². The SMILES string of the molecule is COc1cc(C(=O)NC2(C(=O)O)CCSCC2)cc([N+](=O)[O-])c1C. The predicted octanol–water partition coefficient (Wildman–Crippen LogP) is 1.99. The van der Waals surface area contributed by atoms with Gasteiger partial charge in [0.15, 0.2) is 0 Å². The summed E-state index contributed by atoms with van der Waals surface area (Å²) in [5, 5.41) is 23.2. The van der Waals surface area contributed by atoms with Crippen LogP contribution in [0.3, 0.4) is 0 Å². The van der Waals surface area contributed by atoms with Gasteiger partial charge in [-0.05, 0) is 37.3 Å². The maximum atomic E-state index is 12.5. The van der Waals surface area contributed by atoms with Gasteiger partial charge in [0, 0.05) is 11.6 Å². The molecule has 1 fully saturated rings. The lowest BCUT2D eigenvalue weighted by atomic mass is 9.91. The summed E-state index contributed by atoms with van der Waals surface area (Å²) >= 11 is 1.63. The second kappa shape index (κ2) is 7.08. The van der Waals surface area contributed by atoms with E-state index in [1.54, 1.807) is 11.8 Å². The van der Waals surface area contributed by atoms with Crippen molar-refractivity contribution in [3.63, 3.8) is 0 Å². The lowest BCUT2D eigenvalue weighted by Crippen LogP contribution is -2.56. The molecule has 1 heterocycles. The van der Waals surface area contributed by atoms with Crippen molar-refractivity contribution in [1.29, 1.82) is 0 Å². The van der Waals surface area contributed by atoms with E-state index in [-0.39, 0.29) is 17.0 Å². The van der Waals surface area contributed by atoms with E-state index in [2.05, 4.69) is 5.32 Å². The number of hydrogen-bond acceptors (Lipinski definition) is 6.